The van der Waals surface area contributed by atoms with E-state index in [1.807, 2.05) is 0 Å². The van der Waals surface area contributed by atoms with E-state index in [9.17, 15) is 13.2 Å². The Labute approximate surface area is 114 Å². The van der Waals surface area contributed by atoms with Gasteiger partial charge in [-0.05, 0) is 18.2 Å². The molecule has 0 radical (unpaired) electrons. The number of hydrazone groups is 1. The summed E-state index contributed by atoms with van der Waals surface area (Å²) < 4.78 is 37.8. The third kappa shape index (κ3) is 3.96. The average molecular weight is 334 g/mol. The van der Waals surface area contributed by atoms with E-state index in [1.165, 1.54) is 18.2 Å². The van der Waals surface area contributed by atoms with Crippen molar-refractivity contribution in [3.8, 4) is 6.07 Å². The van der Waals surface area contributed by atoms with Gasteiger partial charge in [0.05, 0.1) is 11.3 Å². The highest BCUT2D eigenvalue weighted by Gasteiger charge is 2.33. The zero-order valence-electron chi connectivity index (χ0n) is 9.22. The quantitative estimate of drug-likeness (QED) is 0.450. The van der Waals surface area contributed by atoms with Crippen LogP contribution in [-0.4, -0.2) is 11.5 Å². The summed E-state index contributed by atoms with van der Waals surface area (Å²) >= 11 is 2.79. The molecule has 19 heavy (non-hydrogen) atoms. The summed E-state index contributed by atoms with van der Waals surface area (Å²) in [6.07, 6.45) is -4.52. The fraction of sp³-hybridized carbons (Fsp3) is 0.100. The van der Waals surface area contributed by atoms with Gasteiger partial charge in [-0.25, -0.2) is 0 Å². The van der Waals surface area contributed by atoms with E-state index in [4.69, 9.17) is 16.4 Å². The standard InChI is InChI=1S/C10H7BrF3N5/c11-7-2-1-5(3-6(7)10(12,13)14)18-19-8(4-15)9(16)17/h1-3,18H,(H3,16,17)/b19-8+. The zero-order chi connectivity index (χ0) is 14.6. The molecule has 1 rings (SSSR count). The molecule has 0 heterocycles. The predicted octanol–water partition coefficient (Wildman–Crippen LogP) is 2.70. The van der Waals surface area contributed by atoms with Crippen molar-refractivity contribution in [3.05, 3.63) is 28.2 Å². The Bertz CT molecular complexity index is 574. The maximum absolute atomic E-state index is 12.6. The number of rotatable bonds is 3. The zero-order valence-corrected chi connectivity index (χ0v) is 10.8. The molecular weight excluding hydrogens is 327 g/mol. The molecule has 0 fully saturated rings. The summed E-state index contributed by atoms with van der Waals surface area (Å²) in [6, 6.07) is 4.88. The van der Waals surface area contributed by atoms with Crippen LogP contribution in [0.15, 0.2) is 27.8 Å². The van der Waals surface area contributed by atoms with Crippen molar-refractivity contribution < 1.29 is 13.2 Å². The van der Waals surface area contributed by atoms with Crippen molar-refractivity contribution >= 4 is 33.2 Å². The van der Waals surface area contributed by atoms with Gasteiger partial charge in [-0.1, -0.05) is 15.9 Å². The number of nitriles is 1. The van der Waals surface area contributed by atoms with Crippen molar-refractivity contribution in [1.82, 2.24) is 0 Å². The minimum Gasteiger partial charge on any atom is -0.382 e. The third-order valence-corrected chi connectivity index (χ3v) is 2.62. The molecule has 100 valence electrons. The number of benzene rings is 1. The monoisotopic (exact) mass is 333 g/mol. The van der Waals surface area contributed by atoms with E-state index in [0.717, 1.165) is 6.07 Å². The second-order valence-electron chi connectivity index (χ2n) is 3.29. The second-order valence-corrected chi connectivity index (χ2v) is 4.14. The van der Waals surface area contributed by atoms with Gasteiger partial charge in [0.15, 0.2) is 5.84 Å². The van der Waals surface area contributed by atoms with Crippen molar-refractivity contribution in [2.24, 2.45) is 10.8 Å². The smallest absolute Gasteiger partial charge is 0.382 e. The highest BCUT2D eigenvalue weighted by molar-refractivity contribution is 9.10. The molecule has 0 aliphatic carbocycles. The summed E-state index contributed by atoms with van der Waals surface area (Å²) in [6.45, 7) is 0. The van der Waals surface area contributed by atoms with Gasteiger partial charge in [0, 0.05) is 4.47 Å². The number of hydrogen-bond acceptors (Lipinski definition) is 4. The fourth-order valence-corrected chi connectivity index (χ4v) is 1.55. The summed E-state index contributed by atoms with van der Waals surface area (Å²) in [7, 11) is 0. The first-order valence-corrected chi connectivity index (χ1v) is 5.50. The van der Waals surface area contributed by atoms with Crippen molar-refractivity contribution in [2.45, 2.75) is 6.18 Å². The molecule has 0 aliphatic rings. The van der Waals surface area contributed by atoms with Gasteiger partial charge >= 0.3 is 6.18 Å². The molecular formula is C10H7BrF3N5. The number of anilines is 1. The number of nitrogens with two attached hydrogens (primary N) is 1. The Morgan fingerprint density at radius 3 is 2.58 bits per heavy atom. The van der Waals surface area contributed by atoms with Crippen LogP contribution < -0.4 is 11.2 Å². The van der Waals surface area contributed by atoms with Gasteiger partial charge in [-0.3, -0.25) is 10.8 Å². The summed E-state index contributed by atoms with van der Waals surface area (Å²) in [5.74, 6) is -0.580. The highest BCUT2D eigenvalue weighted by atomic mass is 79.9. The maximum Gasteiger partial charge on any atom is 0.417 e. The molecule has 0 saturated heterocycles. The van der Waals surface area contributed by atoms with Crippen molar-refractivity contribution in [3.63, 3.8) is 0 Å². The van der Waals surface area contributed by atoms with Gasteiger partial charge in [0.25, 0.3) is 0 Å². The molecule has 0 saturated carbocycles. The van der Waals surface area contributed by atoms with Crippen LogP contribution in [0.3, 0.4) is 0 Å². The SMILES string of the molecule is N#C/C(=N\Nc1ccc(Br)c(C(F)(F)F)c1)C(=N)N. The summed E-state index contributed by atoms with van der Waals surface area (Å²) in [5, 5.41) is 19.0. The minimum absolute atomic E-state index is 0.0181. The van der Waals surface area contributed by atoms with E-state index in [0.29, 0.717) is 0 Å². The van der Waals surface area contributed by atoms with Crippen LogP contribution in [0.2, 0.25) is 0 Å². The lowest BCUT2D eigenvalue weighted by molar-refractivity contribution is -0.138. The van der Waals surface area contributed by atoms with Crippen LogP contribution in [-0.2, 0) is 6.18 Å². The largest absolute Gasteiger partial charge is 0.417 e. The predicted molar refractivity (Wildman–Crippen MR) is 67.7 cm³/mol. The van der Waals surface area contributed by atoms with Gasteiger partial charge in [0.2, 0.25) is 5.71 Å². The highest BCUT2D eigenvalue weighted by Crippen LogP contribution is 2.36. The van der Waals surface area contributed by atoms with E-state index < -0.39 is 23.3 Å². The van der Waals surface area contributed by atoms with Crippen LogP contribution >= 0.6 is 15.9 Å². The molecule has 0 spiro atoms. The van der Waals surface area contributed by atoms with Gasteiger partial charge in [-0.2, -0.15) is 23.5 Å². The van der Waals surface area contributed by atoms with E-state index in [-0.39, 0.29) is 10.2 Å². The molecule has 4 N–H and O–H groups in total. The number of hydrogen-bond donors (Lipinski definition) is 3. The van der Waals surface area contributed by atoms with Crippen LogP contribution in [0.4, 0.5) is 18.9 Å². The first kappa shape index (κ1) is 15.0. The Hall–Kier alpha value is -2.08. The lowest BCUT2D eigenvalue weighted by Crippen LogP contribution is -2.21. The molecule has 0 unspecified atom stereocenters. The molecule has 0 aromatic heterocycles. The van der Waals surface area contributed by atoms with Gasteiger partial charge in [0.1, 0.15) is 6.07 Å². The Balaban J connectivity index is 3.06. The van der Waals surface area contributed by atoms with Crippen molar-refractivity contribution in [1.29, 1.82) is 10.7 Å². The van der Waals surface area contributed by atoms with E-state index >= 15 is 0 Å². The Morgan fingerprint density at radius 2 is 2.11 bits per heavy atom. The first-order chi connectivity index (χ1) is 8.75. The summed E-state index contributed by atoms with van der Waals surface area (Å²) in [5.41, 5.74) is 6.00. The van der Waals surface area contributed by atoms with Crippen LogP contribution in [0.5, 0.6) is 0 Å². The lowest BCUT2D eigenvalue weighted by atomic mass is 10.2. The maximum atomic E-state index is 12.6. The molecule has 1 aromatic rings. The molecule has 1 aromatic carbocycles. The molecule has 0 bridgehead atoms. The molecule has 9 heteroatoms. The van der Waals surface area contributed by atoms with E-state index in [2.05, 4.69) is 26.5 Å². The number of amidine groups is 1. The normalized spacial score (nSPS) is 11.8. The third-order valence-electron chi connectivity index (χ3n) is 1.93. The molecule has 0 aliphatic heterocycles. The topological polar surface area (TPSA) is 98.0 Å². The average Bonchev–Trinajstić information content (AvgIpc) is 2.30. The van der Waals surface area contributed by atoms with Crippen LogP contribution in [0.25, 0.3) is 0 Å². The number of nitrogens with one attached hydrogen (secondary N) is 2. The number of halogens is 4. The molecule has 0 atom stereocenters. The lowest BCUT2D eigenvalue weighted by Gasteiger charge is -2.10. The Kier molecular flexibility index (Phi) is 4.50. The molecule has 0 amide bonds. The van der Waals surface area contributed by atoms with Crippen molar-refractivity contribution in [2.75, 3.05) is 5.43 Å². The minimum atomic E-state index is -4.52. The fourth-order valence-electron chi connectivity index (χ4n) is 1.08. The number of alkyl halides is 3. The molecule has 5 nitrogen and oxygen atoms in total. The van der Waals surface area contributed by atoms with Gasteiger partial charge in [-0.15, -0.1) is 0 Å². The van der Waals surface area contributed by atoms with E-state index in [1.54, 1.807) is 0 Å². The van der Waals surface area contributed by atoms with Crippen LogP contribution in [0.1, 0.15) is 5.56 Å². The second kappa shape index (κ2) is 5.71. The summed E-state index contributed by atoms with van der Waals surface area (Å²) in [4.78, 5) is 0. The van der Waals surface area contributed by atoms with Gasteiger partial charge < -0.3 is 5.73 Å². The first-order valence-electron chi connectivity index (χ1n) is 4.70. The number of nitrogens with zero attached hydrogens (tertiary/aromatic N) is 2. The Morgan fingerprint density at radius 1 is 1.47 bits per heavy atom. The van der Waals surface area contributed by atoms with Crippen LogP contribution in [0, 0.1) is 16.7 Å².